The van der Waals surface area contributed by atoms with Crippen LogP contribution in [-0.2, 0) is 18.3 Å². The maximum atomic E-state index is 5.33. The zero-order valence-electron chi connectivity index (χ0n) is 14.1. The number of aromatic nitrogens is 4. The van der Waals surface area contributed by atoms with Crippen molar-refractivity contribution in [2.45, 2.75) is 26.4 Å². The molecular formula is C17H23N5O. The Labute approximate surface area is 135 Å². The average Bonchev–Trinajstić information content (AvgIpc) is 3.14. The van der Waals surface area contributed by atoms with Crippen molar-refractivity contribution in [3.63, 3.8) is 0 Å². The first-order valence-electron chi connectivity index (χ1n) is 7.75. The molecule has 0 saturated carbocycles. The third-order valence-corrected chi connectivity index (χ3v) is 4.29. The molecule has 3 aromatic rings. The molecule has 1 atom stereocenters. The first-order valence-corrected chi connectivity index (χ1v) is 7.75. The molecule has 3 rings (SSSR count). The predicted molar refractivity (Wildman–Crippen MR) is 90.2 cm³/mol. The van der Waals surface area contributed by atoms with Crippen LogP contribution in [0.3, 0.4) is 0 Å². The Balaban J connectivity index is 1.78. The fraction of sp³-hybridized carbons (Fsp3) is 0.412. The van der Waals surface area contributed by atoms with Crippen molar-refractivity contribution in [2.24, 2.45) is 7.05 Å². The summed E-state index contributed by atoms with van der Waals surface area (Å²) in [5.41, 5.74) is 5.70. The van der Waals surface area contributed by atoms with Crippen molar-refractivity contribution >= 4 is 11.0 Å². The van der Waals surface area contributed by atoms with E-state index in [1.165, 1.54) is 11.1 Å². The van der Waals surface area contributed by atoms with Gasteiger partial charge in [-0.15, -0.1) is 0 Å². The fourth-order valence-corrected chi connectivity index (χ4v) is 2.81. The van der Waals surface area contributed by atoms with Crippen LogP contribution in [0.25, 0.3) is 11.0 Å². The third-order valence-electron chi connectivity index (χ3n) is 4.29. The summed E-state index contributed by atoms with van der Waals surface area (Å²) >= 11 is 0. The van der Waals surface area contributed by atoms with Crippen LogP contribution >= 0.6 is 0 Å². The quantitative estimate of drug-likeness (QED) is 0.733. The molecule has 122 valence electrons. The largest absolute Gasteiger partial charge is 0.383 e. The van der Waals surface area contributed by atoms with Gasteiger partial charge in [0.15, 0.2) is 0 Å². The molecule has 0 saturated heterocycles. The van der Waals surface area contributed by atoms with E-state index >= 15 is 0 Å². The van der Waals surface area contributed by atoms with Gasteiger partial charge in [0.1, 0.15) is 5.82 Å². The van der Waals surface area contributed by atoms with Crippen LogP contribution in [0.2, 0.25) is 0 Å². The summed E-state index contributed by atoms with van der Waals surface area (Å²) in [7, 11) is 3.64. The van der Waals surface area contributed by atoms with E-state index in [1.54, 1.807) is 13.3 Å². The van der Waals surface area contributed by atoms with Gasteiger partial charge in [-0.3, -0.25) is 10.00 Å². The molecule has 0 bridgehead atoms. The zero-order valence-corrected chi connectivity index (χ0v) is 14.1. The van der Waals surface area contributed by atoms with E-state index in [0.717, 1.165) is 22.6 Å². The lowest BCUT2D eigenvalue weighted by atomic mass is 10.1. The minimum atomic E-state index is 0.0727. The maximum absolute atomic E-state index is 5.33. The van der Waals surface area contributed by atoms with E-state index in [-0.39, 0.29) is 6.04 Å². The van der Waals surface area contributed by atoms with Crippen molar-refractivity contribution < 1.29 is 4.74 Å². The van der Waals surface area contributed by atoms with Gasteiger partial charge >= 0.3 is 0 Å². The first kappa shape index (κ1) is 15.7. The lowest BCUT2D eigenvalue weighted by Crippen LogP contribution is -2.27. The highest BCUT2D eigenvalue weighted by Crippen LogP contribution is 2.20. The van der Waals surface area contributed by atoms with Gasteiger partial charge in [0.05, 0.1) is 35.9 Å². The molecule has 0 radical (unpaired) electrons. The van der Waals surface area contributed by atoms with Crippen molar-refractivity contribution in [3.05, 3.63) is 47.0 Å². The zero-order chi connectivity index (χ0) is 16.4. The number of hydrogen-bond donors (Lipinski definition) is 2. The van der Waals surface area contributed by atoms with Crippen molar-refractivity contribution in [1.29, 1.82) is 0 Å². The lowest BCUT2D eigenvalue weighted by molar-refractivity contribution is 0.162. The average molecular weight is 313 g/mol. The van der Waals surface area contributed by atoms with Gasteiger partial charge in [-0.05, 0) is 37.1 Å². The monoisotopic (exact) mass is 313 g/mol. The molecule has 2 aromatic heterocycles. The van der Waals surface area contributed by atoms with Gasteiger partial charge in [0, 0.05) is 20.4 Å². The minimum Gasteiger partial charge on any atom is -0.383 e. The Morgan fingerprint density at radius 2 is 2.13 bits per heavy atom. The Bertz CT molecular complexity index is 805. The minimum absolute atomic E-state index is 0.0727. The van der Waals surface area contributed by atoms with Crippen LogP contribution in [0.15, 0.2) is 24.4 Å². The normalized spacial score (nSPS) is 12.9. The van der Waals surface area contributed by atoms with Crippen LogP contribution < -0.4 is 5.32 Å². The molecule has 0 aliphatic carbocycles. The molecule has 0 fully saturated rings. The second kappa shape index (κ2) is 6.52. The number of rotatable bonds is 6. The summed E-state index contributed by atoms with van der Waals surface area (Å²) in [6, 6.07) is 6.28. The molecule has 23 heavy (non-hydrogen) atoms. The van der Waals surface area contributed by atoms with Crippen molar-refractivity contribution in [2.75, 3.05) is 13.7 Å². The highest BCUT2D eigenvalue weighted by Gasteiger charge is 2.15. The molecule has 1 aromatic carbocycles. The maximum Gasteiger partial charge on any atom is 0.121 e. The summed E-state index contributed by atoms with van der Waals surface area (Å²) < 4.78 is 7.19. The van der Waals surface area contributed by atoms with Crippen molar-refractivity contribution in [3.8, 4) is 0 Å². The van der Waals surface area contributed by atoms with E-state index in [9.17, 15) is 0 Å². The Hall–Kier alpha value is -2.18. The van der Waals surface area contributed by atoms with Gasteiger partial charge < -0.3 is 9.72 Å². The Morgan fingerprint density at radius 1 is 1.30 bits per heavy atom. The first-order chi connectivity index (χ1) is 11.1. The van der Waals surface area contributed by atoms with E-state index in [0.29, 0.717) is 13.2 Å². The smallest absolute Gasteiger partial charge is 0.121 e. The van der Waals surface area contributed by atoms with Crippen LogP contribution in [0.1, 0.15) is 28.7 Å². The summed E-state index contributed by atoms with van der Waals surface area (Å²) in [4.78, 5) is 8.11. The fourth-order valence-electron chi connectivity index (χ4n) is 2.81. The number of benzene rings is 1. The Kier molecular flexibility index (Phi) is 4.45. The highest BCUT2D eigenvalue weighted by atomic mass is 16.5. The molecule has 2 heterocycles. The number of fused-ring (bicyclic) bond motifs is 1. The molecule has 0 spiro atoms. The number of imidazole rings is 1. The number of methoxy groups -OCH3 is 1. The second-order valence-electron chi connectivity index (χ2n) is 5.86. The van der Waals surface area contributed by atoms with E-state index in [4.69, 9.17) is 9.72 Å². The second-order valence-corrected chi connectivity index (χ2v) is 5.86. The molecule has 6 heteroatoms. The summed E-state index contributed by atoms with van der Waals surface area (Å²) in [6.45, 7) is 5.45. The molecule has 0 aliphatic rings. The van der Waals surface area contributed by atoms with E-state index in [2.05, 4.69) is 41.4 Å². The summed E-state index contributed by atoms with van der Waals surface area (Å²) in [5.74, 6) is 0.928. The van der Waals surface area contributed by atoms with Crippen LogP contribution in [-0.4, -0.2) is 33.5 Å². The molecule has 0 amide bonds. The number of H-pyrrole nitrogens is 1. The number of aryl methyl sites for hydroxylation is 3. The van der Waals surface area contributed by atoms with Crippen LogP contribution in [0.5, 0.6) is 0 Å². The summed E-state index contributed by atoms with van der Waals surface area (Å²) in [5, 5.41) is 7.72. The number of ether oxygens (including phenoxy) is 1. The standard InChI is InChI=1S/C17H23N5O/c1-11-5-6-13-17(12(11)2)21-16(20-13)9-18-14(10-23-4)15-7-8-19-22(15)3/h5-8,14,18H,9-10H2,1-4H3,(H,20,21)/t14-/m1/s1. The number of aromatic amines is 1. The van der Waals surface area contributed by atoms with Gasteiger partial charge in [0.2, 0.25) is 0 Å². The predicted octanol–water partition coefficient (Wildman–Crippen LogP) is 2.39. The van der Waals surface area contributed by atoms with E-state index < -0.39 is 0 Å². The SMILES string of the molecule is COC[C@@H](NCc1nc2c(C)c(C)ccc2[nH]1)c1ccnn1C. The number of hydrogen-bond acceptors (Lipinski definition) is 4. The van der Waals surface area contributed by atoms with Gasteiger partial charge in [-0.25, -0.2) is 4.98 Å². The Morgan fingerprint density at radius 3 is 2.83 bits per heavy atom. The number of nitrogens with one attached hydrogen (secondary N) is 2. The van der Waals surface area contributed by atoms with Crippen LogP contribution in [0.4, 0.5) is 0 Å². The lowest BCUT2D eigenvalue weighted by Gasteiger charge is -2.17. The third kappa shape index (κ3) is 3.13. The molecule has 2 N–H and O–H groups in total. The van der Waals surface area contributed by atoms with Gasteiger partial charge in [-0.1, -0.05) is 6.07 Å². The molecule has 6 nitrogen and oxygen atoms in total. The van der Waals surface area contributed by atoms with Gasteiger partial charge in [0.25, 0.3) is 0 Å². The van der Waals surface area contributed by atoms with Crippen molar-refractivity contribution in [1.82, 2.24) is 25.1 Å². The van der Waals surface area contributed by atoms with E-state index in [1.807, 2.05) is 17.8 Å². The topological polar surface area (TPSA) is 67.8 Å². The highest BCUT2D eigenvalue weighted by molar-refractivity contribution is 5.79. The molecular weight excluding hydrogens is 290 g/mol. The molecule has 0 aliphatic heterocycles. The number of nitrogens with zero attached hydrogens (tertiary/aromatic N) is 3. The summed E-state index contributed by atoms with van der Waals surface area (Å²) in [6.07, 6.45) is 1.80. The molecule has 0 unspecified atom stereocenters. The van der Waals surface area contributed by atoms with Crippen LogP contribution in [0, 0.1) is 13.8 Å². The van der Waals surface area contributed by atoms with Gasteiger partial charge in [-0.2, -0.15) is 5.10 Å².